The molecule has 2 heterocycles. The number of anilines is 2. The molecule has 2 amide bonds. The number of aromatic nitrogens is 2. The third-order valence-electron chi connectivity index (χ3n) is 2.97. The molecular weight excluding hydrogens is 371 g/mol. The van der Waals surface area contributed by atoms with Crippen LogP contribution in [0.25, 0.3) is 0 Å². The number of rotatable bonds is 2. The molecule has 0 fully saturated rings. The van der Waals surface area contributed by atoms with Crippen molar-refractivity contribution in [3.63, 3.8) is 0 Å². The normalized spacial score (nSPS) is 13.6. The lowest BCUT2D eigenvalue weighted by atomic mass is 10.1. The van der Waals surface area contributed by atoms with Crippen molar-refractivity contribution in [3.05, 3.63) is 45.3 Å². The number of hydrogen-bond acceptors (Lipinski definition) is 5. The number of amides is 2. The van der Waals surface area contributed by atoms with Crippen LogP contribution in [0, 0.1) is 3.57 Å². The molecular formula is C13H9IN4O2. The molecule has 0 aliphatic carbocycles. The number of hydrogen-bond donors (Lipinski definition) is 1. The van der Waals surface area contributed by atoms with Crippen molar-refractivity contribution in [2.24, 2.45) is 0 Å². The molecule has 2 aromatic rings. The van der Waals surface area contributed by atoms with Crippen LogP contribution in [0.3, 0.4) is 0 Å². The van der Waals surface area contributed by atoms with Crippen molar-refractivity contribution in [1.29, 1.82) is 0 Å². The molecule has 1 N–H and O–H groups in total. The lowest BCUT2D eigenvalue weighted by Crippen LogP contribution is -2.24. The van der Waals surface area contributed by atoms with Crippen LogP contribution in [-0.4, -0.2) is 33.7 Å². The van der Waals surface area contributed by atoms with Gasteiger partial charge in [-0.15, -0.1) is 0 Å². The Morgan fingerprint density at radius 1 is 1.10 bits per heavy atom. The molecule has 1 aliphatic heterocycles. The maximum atomic E-state index is 11.9. The largest absolute Gasteiger partial charge is 0.324 e. The van der Waals surface area contributed by atoms with Crippen LogP contribution < -0.4 is 5.32 Å². The molecule has 0 atom stereocenters. The summed E-state index contributed by atoms with van der Waals surface area (Å²) in [5.41, 5.74) is 1.49. The van der Waals surface area contributed by atoms with E-state index < -0.39 is 0 Å². The number of imide groups is 1. The molecule has 0 saturated carbocycles. The lowest BCUT2D eigenvalue weighted by Gasteiger charge is -2.05. The molecule has 100 valence electrons. The van der Waals surface area contributed by atoms with E-state index in [1.165, 1.54) is 7.05 Å². The zero-order valence-electron chi connectivity index (χ0n) is 10.4. The monoisotopic (exact) mass is 380 g/mol. The molecule has 0 spiro atoms. The van der Waals surface area contributed by atoms with E-state index in [0.29, 0.717) is 22.8 Å². The van der Waals surface area contributed by atoms with Crippen molar-refractivity contribution in [1.82, 2.24) is 14.9 Å². The van der Waals surface area contributed by atoms with Gasteiger partial charge in [0.2, 0.25) is 5.95 Å². The predicted molar refractivity (Wildman–Crippen MR) is 80.9 cm³/mol. The molecule has 6 nitrogen and oxygen atoms in total. The van der Waals surface area contributed by atoms with Gasteiger partial charge < -0.3 is 5.32 Å². The smallest absolute Gasteiger partial charge is 0.261 e. The molecule has 0 saturated heterocycles. The van der Waals surface area contributed by atoms with E-state index in [0.717, 1.165) is 8.47 Å². The van der Waals surface area contributed by atoms with Crippen LogP contribution in [0.15, 0.2) is 30.6 Å². The Labute approximate surface area is 128 Å². The van der Waals surface area contributed by atoms with E-state index in [-0.39, 0.29) is 11.8 Å². The fraction of sp³-hybridized carbons (Fsp3) is 0.0769. The summed E-state index contributed by atoms with van der Waals surface area (Å²) < 4.78 is 0.935. The van der Waals surface area contributed by atoms with E-state index in [2.05, 4.69) is 37.9 Å². The van der Waals surface area contributed by atoms with E-state index in [1.807, 2.05) is 0 Å². The van der Waals surface area contributed by atoms with Crippen molar-refractivity contribution < 1.29 is 9.59 Å². The van der Waals surface area contributed by atoms with Gasteiger partial charge in [0.05, 0.1) is 11.1 Å². The van der Waals surface area contributed by atoms with Crippen molar-refractivity contribution >= 4 is 46.0 Å². The summed E-state index contributed by atoms with van der Waals surface area (Å²) in [7, 11) is 1.47. The molecule has 3 rings (SSSR count). The molecule has 0 unspecified atom stereocenters. The Morgan fingerprint density at radius 3 is 2.45 bits per heavy atom. The standard InChI is InChI=1S/C13H9IN4O2/c1-18-11(19)9-3-2-8(4-10(9)12(18)20)17-13-15-5-7(14)6-16-13/h2-6H,1H3,(H,15,16,17). The Balaban J connectivity index is 1.92. The highest BCUT2D eigenvalue weighted by molar-refractivity contribution is 14.1. The first-order chi connectivity index (χ1) is 9.56. The molecule has 0 radical (unpaired) electrons. The molecule has 20 heavy (non-hydrogen) atoms. The van der Waals surface area contributed by atoms with E-state index >= 15 is 0 Å². The minimum absolute atomic E-state index is 0.276. The van der Waals surface area contributed by atoms with Crippen molar-refractivity contribution in [2.45, 2.75) is 0 Å². The summed E-state index contributed by atoms with van der Waals surface area (Å²) in [4.78, 5) is 33.0. The number of fused-ring (bicyclic) bond motifs is 1. The van der Waals surface area contributed by atoms with Gasteiger partial charge in [0.15, 0.2) is 0 Å². The average Bonchev–Trinajstić information content (AvgIpc) is 2.66. The highest BCUT2D eigenvalue weighted by Gasteiger charge is 2.32. The Hall–Kier alpha value is -2.03. The second kappa shape index (κ2) is 4.82. The minimum atomic E-state index is -0.294. The van der Waals surface area contributed by atoms with Crippen LogP contribution >= 0.6 is 22.6 Å². The third-order valence-corrected chi connectivity index (χ3v) is 3.52. The first-order valence-electron chi connectivity index (χ1n) is 5.77. The Bertz CT molecular complexity index is 715. The van der Waals surface area contributed by atoms with Gasteiger partial charge in [-0.1, -0.05) is 0 Å². The summed E-state index contributed by atoms with van der Waals surface area (Å²) in [5, 5.41) is 3.00. The van der Waals surface area contributed by atoms with Crippen LogP contribution in [-0.2, 0) is 0 Å². The highest BCUT2D eigenvalue weighted by atomic mass is 127. The molecule has 1 aromatic carbocycles. The van der Waals surface area contributed by atoms with Gasteiger partial charge >= 0.3 is 0 Å². The molecule has 7 heteroatoms. The summed E-state index contributed by atoms with van der Waals surface area (Å²) in [5.74, 6) is -0.130. The van der Waals surface area contributed by atoms with E-state index in [1.54, 1.807) is 30.6 Å². The van der Waals surface area contributed by atoms with Crippen LogP contribution in [0.2, 0.25) is 0 Å². The second-order valence-corrected chi connectivity index (χ2v) is 5.53. The van der Waals surface area contributed by atoms with Gasteiger partial charge in [-0.25, -0.2) is 9.97 Å². The van der Waals surface area contributed by atoms with Crippen molar-refractivity contribution in [2.75, 3.05) is 12.4 Å². The number of nitrogens with zero attached hydrogens (tertiary/aromatic N) is 3. The number of carbonyl (C=O) groups excluding carboxylic acids is 2. The van der Waals surface area contributed by atoms with Crippen LogP contribution in [0.4, 0.5) is 11.6 Å². The fourth-order valence-electron chi connectivity index (χ4n) is 1.94. The number of carbonyl (C=O) groups is 2. The van der Waals surface area contributed by atoms with Crippen LogP contribution in [0.5, 0.6) is 0 Å². The van der Waals surface area contributed by atoms with Gasteiger partial charge in [0, 0.05) is 28.7 Å². The molecule has 1 aromatic heterocycles. The van der Waals surface area contributed by atoms with E-state index in [9.17, 15) is 9.59 Å². The second-order valence-electron chi connectivity index (χ2n) is 4.28. The summed E-state index contributed by atoms with van der Waals surface area (Å²) in [6.07, 6.45) is 3.37. The zero-order chi connectivity index (χ0) is 14.3. The quantitative estimate of drug-likeness (QED) is 0.638. The topological polar surface area (TPSA) is 75.2 Å². The summed E-state index contributed by atoms with van der Waals surface area (Å²) >= 11 is 2.12. The average molecular weight is 380 g/mol. The maximum Gasteiger partial charge on any atom is 0.261 e. The van der Waals surface area contributed by atoms with Gasteiger partial charge in [-0.3, -0.25) is 14.5 Å². The summed E-state index contributed by atoms with van der Waals surface area (Å²) in [6, 6.07) is 5.00. The zero-order valence-corrected chi connectivity index (χ0v) is 12.6. The highest BCUT2D eigenvalue weighted by Crippen LogP contribution is 2.25. The number of nitrogens with one attached hydrogen (secondary N) is 1. The van der Waals surface area contributed by atoms with Gasteiger partial charge in [0.25, 0.3) is 11.8 Å². The SMILES string of the molecule is CN1C(=O)c2ccc(Nc3ncc(I)cn3)cc2C1=O. The Morgan fingerprint density at radius 2 is 1.75 bits per heavy atom. The van der Waals surface area contributed by atoms with E-state index in [4.69, 9.17) is 0 Å². The fourth-order valence-corrected chi connectivity index (χ4v) is 2.22. The van der Waals surface area contributed by atoms with Gasteiger partial charge in [0.1, 0.15) is 0 Å². The Kier molecular flexibility index (Phi) is 3.13. The number of benzene rings is 1. The van der Waals surface area contributed by atoms with Gasteiger partial charge in [-0.2, -0.15) is 0 Å². The summed E-state index contributed by atoms with van der Waals surface area (Å²) in [6.45, 7) is 0. The molecule has 1 aliphatic rings. The van der Waals surface area contributed by atoms with Gasteiger partial charge in [-0.05, 0) is 40.8 Å². The third kappa shape index (κ3) is 2.13. The lowest BCUT2D eigenvalue weighted by molar-refractivity contribution is 0.0693. The minimum Gasteiger partial charge on any atom is -0.324 e. The first kappa shape index (κ1) is 13.0. The van der Waals surface area contributed by atoms with Crippen LogP contribution in [0.1, 0.15) is 20.7 Å². The predicted octanol–water partition coefficient (Wildman–Crippen LogP) is 2.05. The number of halogens is 1. The first-order valence-corrected chi connectivity index (χ1v) is 6.85. The maximum absolute atomic E-state index is 11.9. The molecule has 0 bridgehead atoms. The van der Waals surface area contributed by atoms with Crippen molar-refractivity contribution in [3.8, 4) is 0 Å².